The normalized spacial score (nSPS) is 30.8. The number of halogens is 1. The first-order valence-electron chi connectivity index (χ1n) is 8.11. The predicted octanol–water partition coefficient (Wildman–Crippen LogP) is 2.98. The van der Waals surface area contributed by atoms with Crippen LogP contribution in [0.15, 0.2) is 24.3 Å². The Labute approximate surface area is 133 Å². The van der Waals surface area contributed by atoms with Crippen LogP contribution < -0.4 is 10.6 Å². The fourth-order valence-electron chi connectivity index (χ4n) is 4.21. The molecule has 2 fully saturated rings. The monoisotopic (exact) mass is 307 g/mol. The Kier molecular flexibility index (Phi) is 4.43. The second-order valence-electron chi connectivity index (χ2n) is 6.55. The molecular formula is C17H26ClN3. The first kappa shape index (κ1) is 15.1. The molecule has 1 aromatic rings. The van der Waals surface area contributed by atoms with Gasteiger partial charge in [0.1, 0.15) is 0 Å². The molecular weight excluding hydrogens is 282 g/mol. The van der Waals surface area contributed by atoms with Crippen molar-refractivity contribution in [2.45, 2.75) is 31.7 Å². The minimum absolute atomic E-state index is 0.250. The van der Waals surface area contributed by atoms with Crippen molar-refractivity contribution in [2.75, 3.05) is 37.6 Å². The van der Waals surface area contributed by atoms with Gasteiger partial charge in [-0.05, 0) is 37.0 Å². The van der Waals surface area contributed by atoms with Crippen molar-refractivity contribution in [3.8, 4) is 0 Å². The Morgan fingerprint density at radius 1 is 1.29 bits per heavy atom. The quantitative estimate of drug-likeness (QED) is 0.932. The van der Waals surface area contributed by atoms with E-state index in [-0.39, 0.29) is 5.54 Å². The Morgan fingerprint density at radius 3 is 2.62 bits per heavy atom. The van der Waals surface area contributed by atoms with Crippen LogP contribution in [0.1, 0.15) is 26.2 Å². The fraction of sp³-hybridized carbons (Fsp3) is 0.647. The van der Waals surface area contributed by atoms with Gasteiger partial charge in [-0.25, -0.2) is 0 Å². The van der Waals surface area contributed by atoms with Crippen LogP contribution >= 0.6 is 11.6 Å². The summed E-state index contributed by atoms with van der Waals surface area (Å²) in [7, 11) is 0. The lowest BCUT2D eigenvalue weighted by Gasteiger charge is -2.48. The maximum atomic E-state index is 6.18. The largest absolute Gasteiger partial charge is 0.369 e. The van der Waals surface area contributed by atoms with E-state index in [1.165, 1.54) is 24.9 Å². The van der Waals surface area contributed by atoms with E-state index in [1.807, 2.05) is 12.1 Å². The SMILES string of the molecule is CC1CCCC1(CN)N1CCN(c2cccc(Cl)c2)CC1. The van der Waals surface area contributed by atoms with E-state index < -0.39 is 0 Å². The molecule has 1 aromatic carbocycles. The van der Waals surface area contributed by atoms with E-state index >= 15 is 0 Å². The third-order valence-electron chi connectivity index (χ3n) is 5.60. The van der Waals surface area contributed by atoms with Gasteiger partial charge in [0.15, 0.2) is 0 Å². The van der Waals surface area contributed by atoms with Gasteiger partial charge in [0.05, 0.1) is 0 Å². The van der Waals surface area contributed by atoms with Crippen molar-refractivity contribution in [3.63, 3.8) is 0 Å². The molecule has 3 nitrogen and oxygen atoms in total. The van der Waals surface area contributed by atoms with E-state index in [0.29, 0.717) is 0 Å². The van der Waals surface area contributed by atoms with Crippen LogP contribution in [-0.2, 0) is 0 Å². The van der Waals surface area contributed by atoms with Crippen LogP contribution in [0.25, 0.3) is 0 Å². The van der Waals surface area contributed by atoms with E-state index in [9.17, 15) is 0 Å². The number of anilines is 1. The number of rotatable bonds is 3. The van der Waals surface area contributed by atoms with Gasteiger partial charge in [-0.3, -0.25) is 4.90 Å². The van der Waals surface area contributed by atoms with Gasteiger partial charge in [-0.1, -0.05) is 31.0 Å². The highest BCUT2D eigenvalue weighted by atomic mass is 35.5. The smallest absolute Gasteiger partial charge is 0.0426 e. The molecule has 1 saturated carbocycles. The topological polar surface area (TPSA) is 32.5 Å². The van der Waals surface area contributed by atoms with Gasteiger partial charge in [-0.15, -0.1) is 0 Å². The number of piperazine rings is 1. The third-order valence-corrected chi connectivity index (χ3v) is 5.84. The van der Waals surface area contributed by atoms with Gasteiger partial charge in [0, 0.05) is 49.0 Å². The molecule has 0 aromatic heterocycles. The number of hydrogen-bond acceptors (Lipinski definition) is 3. The molecule has 0 spiro atoms. The molecule has 1 heterocycles. The van der Waals surface area contributed by atoms with Gasteiger partial charge < -0.3 is 10.6 Å². The number of benzene rings is 1. The summed E-state index contributed by atoms with van der Waals surface area (Å²) in [5.41, 5.74) is 7.67. The van der Waals surface area contributed by atoms with Crippen molar-refractivity contribution in [3.05, 3.63) is 29.3 Å². The molecule has 0 bridgehead atoms. The molecule has 0 amide bonds. The number of nitrogens with zero attached hydrogens (tertiary/aromatic N) is 2. The molecule has 2 unspecified atom stereocenters. The molecule has 4 heteroatoms. The summed E-state index contributed by atoms with van der Waals surface area (Å²) >= 11 is 6.11. The average molecular weight is 308 g/mol. The Bertz CT molecular complexity index is 485. The number of nitrogens with two attached hydrogens (primary N) is 1. The third kappa shape index (κ3) is 2.79. The minimum atomic E-state index is 0.250. The second kappa shape index (κ2) is 6.15. The zero-order chi connectivity index (χ0) is 14.9. The molecule has 1 saturated heterocycles. The van der Waals surface area contributed by atoms with Gasteiger partial charge >= 0.3 is 0 Å². The fourth-order valence-corrected chi connectivity index (χ4v) is 4.40. The molecule has 2 N–H and O–H groups in total. The first-order chi connectivity index (χ1) is 10.2. The standard InChI is InChI=1S/C17H26ClN3/c1-14-4-3-7-17(14,13-19)21-10-8-20(9-11-21)16-6-2-5-15(18)12-16/h2,5-6,12,14H,3-4,7-11,13,19H2,1H3. The van der Waals surface area contributed by atoms with Crippen LogP contribution in [0.2, 0.25) is 5.02 Å². The molecule has 2 aliphatic rings. The summed E-state index contributed by atoms with van der Waals surface area (Å²) in [6.45, 7) is 7.51. The maximum Gasteiger partial charge on any atom is 0.0426 e. The van der Waals surface area contributed by atoms with E-state index in [0.717, 1.165) is 43.7 Å². The van der Waals surface area contributed by atoms with Crippen LogP contribution in [0.5, 0.6) is 0 Å². The molecule has 2 atom stereocenters. The Hall–Kier alpha value is -0.770. The summed E-state index contributed by atoms with van der Waals surface area (Å²) in [6.07, 6.45) is 3.92. The minimum Gasteiger partial charge on any atom is -0.369 e. The lowest BCUT2D eigenvalue weighted by molar-refractivity contribution is 0.0582. The summed E-state index contributed by atoms with van der Waals surface area (Å²) in [5, 5.41) is 0.817. The zero-order valence-electron chi connectivity index (χ0n) is 12.9. The first-order valence-corrected chi connectivity index (χ1v) is 8.49. The lowest BCUT2D eigenvalue weighted by Crippen LogP contribution is -2.61. The average Bonchev–Trinajstić information content (AvgIpc) is 2.89. The van der Waals surface area contributed by atoms with Gasteiger partial charge in [0.2, 0.25) is 0 Å². The molecule has 0 radical (unpaired) electrons. The highest BCUT2D eigenvalue weighted by Gasteiger charge is 2.44. The van der Waals surface area contributed by atoms with Crippen LogP contribution in [-0.4, -0.2) is 43.2 Å². The summed E-state index contributed by atoms with van der Waals surface area (Å²) < 4.78 is 0. The van der Waals surface area contributed by atoms with Crippen LogP contribution in [0.3, 0.4) is 0 Å². The molecule has 1 aliphatic carbocycles. The predicted molar refractivity (Wildman–Crippen MR) is 90.0 cm³/mol. The zero-order valence-corrected chi connectivity index (χ0v) is 13.6. The van der Waals surface area contributed by atoms with Gasteiger partial charge in [-0.2, -0.15) is 0 Å². The molecule has 116 valence electrons. The highest BCUT2D eigenvalue weighted by molar-refractivity contribution is 6.30. The van der Waals surface area contributed by atoms with Crippen molar-refractivity contribution in [1.29, 1.82) is 0 Å². The van der Waals surface area contributed by atoms with Crippen molar-refractivity contribution in [2.24, 2.45) is 11.7 Å². The maximum absolute atomic E-state index is 6.18. The van der Waals surface area contributed by atoms with E-state index in [1.54, 1.807) is 0 Å². The van der Waals surface area contributed by atoms with Crippen LogP contribution in [0, 0.1) is 5.92 Å². The van der Waals surface area contributed by atoms with E-state index in [4.69, 9.17) is 17.3 Å². The number of hydrogen-bond donors (Lipinski definition) is 1. The van der Waals surface area contributed by atoms with Crippen LogP contribution in [0.4, 0.5) is 5.69 Å². The highest BCUT2D eigenvalue weighted by Crippen LogP contribution is 2.40. The lowest BCUT2D eigenvalue weighted by atomic mass is 9.85. The van der Waals surface area contributed by atoms with E-state index in [2.05, 4.69) is 28.9 Å². The Morgan fingerprint density at radius 2 is 2.05 bits per heavy atom. The summed E-state index contributed by atoms with van der Waals surface area (Å²) in [6, 6.07) is 8.18. The summed E-state index contributed by atoms with van der Waals surface area (Å²) in [5.74, 6) is 0.722. The van der Waals surface area contributed by atoms with Crippen molar-refractivity contribution >= 4 is 17.3 Å². The molecule has 1 aliphatic heterocycles. The summed E-state index contributed by atoms with van der Waals surface area (Å²) in [4.78, 5) is 5.10. The molecule has 21 heavy (non-hydrogen) atoms. The van der Waals surface area contributed by atoms with Crippen molar-refractivity contribution < 1.29 is 0 Å². The second-order valence-corrected chi connectivity index (χ2v) is 6.99. The van der Waals surface area contributed by atoms with Gasteiger partial charge in [0.25, 0.3) is 0 Å². The Balaban J connectivity index is 1.67. The van der Waals surface area contributed by atoms with Crippen molar-refractivity contribution in [1.82, 2.24) is 4.90 Å². The molecule has 3 rings (SSSR count).